The highest BCUT2D eigenvalue weighted by atomic mass is 35.5. The number of rotatable bonds is 5. The molecule has 0 spiro atoms. The number of hydrogen-bond donors (Lipinski definition) is 0. The van der Waals surface area contributed by atoms with Crippen LogP contribution in [0.5, 0.6) is 0 Å². The second-order valence-corrected chi connectivity index (χ2v) is 4.97. The van der Waals surface area contributed by atoms with Crippen molar-refractivity contribution in [1.82, 2.24) is 10.2 Å². The van der Waals surface area contributed by atoms with Gasteiger partial charge in [-0.3, -0.25) is 0 Å². The van der Waals surface area contributed by atoms with Crippen molar-refractivity contribution >= 4 is 17.4 Å². The first-order valence-corrected chi connectivity index (χ1v) is 6.63. The van der Waals surface area contributed by atoms with Crippen LogP contribution in [-0.4, -0.2) is 23.3 Å². The molecule has 1 rings (SSSR count). The second-order valence-electron chi connectivity index (χ2n) is 4.62. The lowest BCUT2D eigenvalue weighted by atomic mass is 10.1. The van der Waals surface area contributed by atoms with Gasteiger partial charge in [0.1, 0.15) is 0 Å². The van der Waals surface area contributed by atoms with Crippen LogP contribution in [0.4, 0.5) is 5.82 Å². The van der Waals surface area contributed by atoms with E-state index in [1.54, 1.807) is 0 Å². The summed E-state index contributed by atoms with van der Waals surface area (Å²) >= 11 is 5.97. The summed E-state index contributed by atoms with van der Waals surface area (Å²) in [6.07, 6.45) is 1.18. The molecule has 1 atom stereocenters. The van der Waals surface area contributed by atoms with E-state index in [4.69, 9.17) is 11.6 Å². The largest absolute Gasteiger partial charge is 0.355 e. The van der Waals surface area contributed by atoms with E-state index in [0.717, 1.165) is 30.0 Å². The molecule has 0 aliphatic rings. The van der Waals surface area contributed by atoms with Gasteiger partial charge in [-0.25, -0.2) is 0 Å². The molecule has 0 aliphatic carbocycles. The predicted molar refractivity (Wildman–Crippen MR) is 73.9 cm³/mol. The third-order valence-corrected chi connectivity index (χ3v) is 3.71. The Labute approximate surface area is 109 Å². The van der Waals surface area contributed by atoms with Crippen LogP contribution in [0.15, 0.2) is 0 Å². The van der Waals surface area contributed by atoms with Crippen molar-refractivity contribution in [2.75, 3.05) is 18.0 Å². The third-order valence-electron chi connectivity index (χ3n) is 3.35. The first kappa shape index (κ1) is 14.2. The minimum atomic E-state index is 0.505. The zero-order valence-electron chi connectivity index (χ0n) is 11.4. The summed E-state index contributed by atoms with van der Waals surface area (Å²) in [5.41, 5.74) is 2.16. The molecular weight excluding hydrogens is 234 g/mol. The standard InChI is InChI=1S/C13H22ClN3/c1-6-9(3)8-17(7-2)13-11(5)10(4)12(14)15-16-13/h9H,6-8H2,1-5H3. The molecule has 17 heavy (non-hydrogen) atoms. The van der Waals surface area contributed by atoms with Crippen molar-refractivity contribution < 1.29 is 0 Å². The first-order chi connectivity index (χ1) is 8.01. The van der Waals surface area contributed by atoms with Crippen LogP contribution in [0.3, 0.4) is 0 Å². The van der Waals surface area contributed by atoms with E-state index in [9.17, 15) is 0 Å². The lowest BCUT2D eigenvalue weighted by molar-refractivity contribution is 0.543. The van der Waals surface area contributed by atoms with E-state index in [-0.39, 0.29) is 0 Å². The summed E-state index contributed by atoms with van der Waals surface area (Å²) in [5, 5.41) is 8.76. The monoisotopic (exact) mass is 255 g/mol. The van der Waals surface area contributed by atoms with Gasteiger partial charge in [0.05, 0.1) is 0 Å². The van der Waals surface area contributed by atoms with Crippen LogP contribution in [0.2, 0.25) is 5.15 Å². The number of anilines is 1. The van der Waals surface area contributed by atoms with E-state index in [1.165, 1.54) is 6.42 Å². The lowest BCUT2D eigenvalue weighted by Crippen LogP contribution is -2.30. The number of aromatic nitrogens is 2. The molecule has 0 bridgehead atoms. The van der Waals surface area contributed by atoms with Crippen LogP contribution >= 0.6 is 11.6 Å². The average Bonchev–Trinajstić information content (AvgIpc) is 2.33. The zero-order valence-corrected chi connectivity index (χ0v) is 12.2. The first-order valence-electron chi connectivity index (χ1n) is 6.25. The van der Waals surface area contributed by atoms with Crippen LogP contribution in [0.25, 0.3) is 0 Å². The van der Waals surface area contributed by atoms with Gasteiger partial charge in [0.15, 0.2) is 11.0 Å². The summed E-state index contributed by atoms with van der Waals surface area (Å²) < 4.78 is 0. The van der Waals surface area contributed by atoms with Gasteiger partial charge in [0, 0.05) is 13.1 Å². The van der Waals surface area contributed by atoms with Gasteiger partial charge in [-0.2, -0.15) is 0 Å². The Morgan fingerprint density at radius 1 is 1.18 bits per heavy atom. The molecule has 1 aromatic rings. The van der Waals surface area contributed by atoms with Crippen molar-refractivity contribution in [1.29, 1.82) is 0 Å². The molecule has 0 fully saturated rings. The fourth-order valence-electron chi connectivity index (χ4n) is 1.73. The smallest absolute Gasteiger partial charge is 0.155 e. The molecule has 0 aliphatic heterocycles. The normalized spacial score (nSPS) is 12.6. The maximum atomic E-state index is 5.97. The van der Waals surface area contributed by atoms with Gasteiger partial charge in [-0.15, -0.1) is 10.2 Å². The number of nitrogens with zero attached hydrogens (tertiary/aromatic N) is 3. The maximum Gasteiger partial charge on any atom is 0.155 e. The van der Waals surface area contributed by atoms with Crippen LogP contribution in [-0.2, 0) is 0 Å². The van der Waals surface area contributed by atoms with E-state index in [1.807, 2.05) is 6.92 Å². The van der Waals surface area contributed by atoms with Crippen LogP contribution in [0.1, 0.15) is 38.3 Å². The maximum absolute atomic E-state index is 5.97. The Kier molecular flexibility index (Phi) is 5.19. The fourth-order valence-corrected chi connectivity index (χ4v) is 1.91. The molecule has 96 valence electrons. The van der Waals surface area contributed by atoms with Crippen molar-refractivity contribution in [3.05, 3.63) is 16.3 Å². The zero-order chi connectivity index (χ0) is 13.0. The SMILES string of the molecule is CCC(C)CN(CC)c1nnc(Cl)c(C)c1C. The quantitative estimate of drug-likeness (QED) is 0.805. The molecule has 0 aromatic carbocycles. The Hall–Kier alpha value is -0.830. The van der Waals surface area contributed by atoms with Gasteiger partial charge < -0.3 is 4.90 Å². The summed E-state index contributed by atoms with van der Waals surface area (Å²) in [6.45, 7) is 12.6. The Morgan fingerprint density at radius 2 is 1.82 bits per heavy atom. The fraction of sp³-hybridized carbons (Fsp3) is 0.692. The van der Waals surface area contributed by atoms with E-state index in [0.29, 0.717) is 11.1 Å². The van der Waals surface area contributed by atoms with Gasteiger partial charge in [-0.05, 0) is 37.8 Å². The number of halogens is 1. The van der Waals surface area contributed by atoms with E-state index < -0.39 is 0 Å². The molecule has 0 amide bonds. The molecule has 0 radical (unpaired) electrons. The molecule has 0 saturated heterocycles. The van der Waals surface area contributed by atoms with Gasteiger partial charge in [-0.1, -0.05) is 31.9 Å². The topological polar surface area (TPSA) is 29.0 Å². The van der Waals surface area contributed by atoms with E-state index in [2.05, 4.69) is 42.8 Å². The summed E-state index contributed by atoms with van der Waals surface area (Å²) in [5.74, 6) is 1.63. The predicted octanol–water partition coefficient (Wildman–Crippen LogP) is 3.62. The van der Waals surface area contributed by atoms with Crippen molar-refractivity contribution in [3.8, 4) is 0 Å². The van der Waals surface area contributed by atoms with E-state index >= 15 is 0 Å². The highest BCUT2D eigenvalue weighted by Gasteiger charge is 2.15. The highest BCUT2D eigenvalue weighted by molar-refractivity contribution is 6.30. The van der Waals surface area contributed by atoms with Gasteiger partial charge in [0.2, 0.25) is 0 Å². The molecule has 1 unspecified atom stereocenters. The molecule has 4 heteroatoms. The lowest BCUT2D eigenvalue weighted by Gasteiger charge is -2.26. The number of hydrogen-bond acceptors (Lipinski definition) is 3. The molecule has 1 heterocycles. The van der Waals surface area contributed by atoms with Crippen LogP contribution in [0, 0.1) is 19.8 Å². The molecule has 0 N–H and O–H groups in total. The summed E-state index contributed by atoms with van der Waals surface area (Å²) in [7, 11) is 0. The summed E-state index contributed by atoms with van der Waals surface area (Å²) in [4.78, 5) is 2.28. The molecule has 3 nitrogen and oxygen atoms in total. The Balaban J connectivity index is 3.00. The van der Waals surface area contributed by atoms with Crippen molar-refractivity contribution in [3.63, 3.8) is 0 Å². The molecule has 1 aromatic heterocycles. The Morgan fingerprint density at radius 3 is 2.35 bits per heavy atom. The second kappa shape index (κ2) is 6.20. The van der Waals surface area contributed by atoms with Crippen molar-refractivity contribution in [2.45, 2.75) is 41.0 Å². The highest BCUT2D eigenvalue weighted by Crippen LogP contribution is 2.24. The molecular formula is C13H22ClN3. The average molecular weight is 256 g/mol. The van der Waals surface area contributed by atoms with Crippen LogP contribution < -0.4 is 4.90 Å². The minimum absolute atomic E-state index is 0.505. The molecule has 0 saturated carbocycles. The van der Waals surface area contributed by atoms with Gasteiger partial charge in [0.25, 0.3) is 0 Å². The minimum Gasteiger partial charge on any atom is -0.355 e. The third kappa shape index (κ3) is 3.32. The summed E-state index contributed by atoms with van der Waals surface area (Å²) in [6, 6.07) is 0. The Bertz CT molecular complexity index is 379. The van der Waals surface area contributed by atoms with Crippen molar-refractivity contribution in [2.24, 2.45) is 5.92 Å². The van der Waals surface area contributed by atoms with Gasteiger partial charge >= 0.3 is 0 Å².